The van der Waals surface area contributed by atoms with Gasteiger partial charge in [0.2, 0.25) is 14.3 Å². The molecule has 3 aromatic rings. The molecule has 11 nitrogen and oxygen atoms in total. The van der Waals surface area contributed by atoms with E-state index in [1.807, 2.05) is 13.0 Å². The highest BCUT2D eigenvalue weighted by Gasteiger charge is 2.66. The number of aromatic nitrogens is 3. The number of halogens is 2. The second-order valence-electron chi connectivity index (χ2n) is 12.8. The average molecular weight is 670 g/mol. The van der Waals surface area contributed by atoms with Crippen LogP contribution in [-0.4, -0.2) is 65.2 Å². The predicted octanol–water partition coefficient (Wildman–Crippen LogP) is 4.50. The Kier molecular flexibility index (Phi) is 8.55. The topological polar surface area (TPSA) is 127 Å². The van der Waals surface area contributed by atoms with Gasteiger partial charge in [0.25, 0.3) is 5.91 Å². The molecule has 2 saturated heterocycles. The summed E-state index contributed by atoms with van der Waals surface area (Å²) in [5, 5.41) is 17.9. The summed E-state index contributed by atoms with van der Waals surface area (Å²) in [6.45, 7) is 7.03. The van der Waals surface area contributed by atoms with Crippen molar-refractivity contribution in [1.29, 1.82) is 0 Å². The van der Waals surface area contributed by atoms with Gasteiger partial charge in [-0.05, 0) is 55.4 Å². The molecule has 46 heavy (non-hydrogen) atoms. The Hall–Kier alpha value is -3.65. The zero-order valence-corrected chi connectivity index (χ0v) is 27.9. The van der Waals surface area contributed by atoms with E-state index in [1.54, 1.807) is 65.3 Å². The third-order valence-electron chi connectivity index (χ3n) is 9.26. The number of carbonyl (C=O) groups is 3. The standard InChI is InChI=1S/C32H37ClFN5O6Si/c1-19-30(46(3,4)34)27(10-12-37-18-23(11-13-40)35-36-37)45-32(19)25-15-22(33)8-9-26(25)38(31(32)43)17-21-6-5-7-24(14-21)39-28(42)16-29(39)44-20(2)41/h5-9,14-15,18-19,27,29-30,40H,10-13,16-17H2,1-4H3/t19-,27+,29?,30-,32+/m1/s1. The summed E-state index contributed by atoms with van der Waals surface area (Å²) in [5.41, 5.74) is 1.26. The van der Waals surface area contributed by atoms with Crippen LogP contribution in [0.1, 0.15) is 43.5 Å². The zero-order chi connectivity index (χ0) is 33.0. The Labute approximate surface area is 272 Å². The highest BCUT2D eigenvalue weighted by atomic mass is 35.5. The van der Waals surface area contributed by atoms with Crippen LogP contribution in [0.15, 0.2) is 48.7 Å². The molecule has 3 aliphatic heterocycles. The van der Waals surface area contributed by atoms with Crippen LogP contribution in [0.5, 0.6) is 0 Å². The summed E-state index contributed by atoms with van der Waals surface area (Å²) in [4.78, 5) is 41.7. The number of β-lactam (4-membered cyclic amide) rings is 1. The van der Waals surface area contributed by atoms with E-state index in [0.29, 0.717) is 47.0 Å². The number of aryl methyl sites for hydroxylation is 1. The van der Waals surface area contributed by atoms with Gasteiger partial charge in [-0.15, -0.1) is 5.10 Å². The number of fused-ring (bicyclic) bond motifs is 2. The molecule has 2 amide bonds. The largest absolute Gasteiger partial charge is 0.441 e. The number of hydrogen-bond acceptors (Lipinski definition) is 8. The molecular weight excluding hydrogens is 633 g/mol. The molecule has 5 atom stereocenters. The maximum Gasteiger partial charge on any atom is 0.304 e. The SMILES string of the molecule is CC(=O)OC1CC(=O)N1c1cccc(CN2C(=O)[C@@]3(O[C@@H](CCn4cc(CCO)nn4)[C@H]([Si](C)(C)F)[C@H]3C)c3cc(Cl)ccc32)c1. The monoisotopic (exact) mass is 669 g/mol. The van der Waals surface area contributed by atoms with E-state index in [4.69, 9.17) is 21.1 Å². The lowest BCUT2D eigenvalue weighted by Crippen LogP contribution is -2.54. The van der Waals surface area contributed by atoms with Crippen molar-refractivity contribution in [3.05, 3.63) is 70.5 Å². The van der Waals surface area contributed by atoms with Crippen LogP contribution in [0.3, 0.4) is 0 Å². The van der Waals surface area contributed by atoms with Crippen LogP contribution in [-0.2, 0) is 49.0 Å². The molecule has 0 aliphatic carbocycles. The zero-order valence-electron chi connectivity index (χ0n) is 26.2. The van der Waals surface area contributed by atoms with E-state index in [-0.39, 0.29) is 31.4 Å². The Morgan fingerprint density at radius 3 is 2.72 bits per heavy atom. The van der Waals surface area contributed by atoms with Crippen LogP contribution in [0, 0.1) is 5.92 Å². The van der Waals surface area contributed by atoms with Crippen LogP contribution in [0.25, 0.3) is 0 Å². The number of carbonyl (C=O) groups excluding carboxylic acids is 3. The molecule has 0 radical (unpaired) electrons. The fourth-order valence-electron chi connectivity index (χ4n) is 7.35. The summed E-state index contributed by atoms with van der Waals surface area (Å²) in [6.07, 6.45) is 1.43. The lowest BCUT2D eigenvalue weighted by atomic mass is 9.82. The number of benzene rings is 2. The molecular formula is C32H37ClFN5O6Si. The van der Waals surface area contributed by atoms with Gasteiger partial charge in [-0.25, -0.2) is 0 Å². The van der Waals surface area contributed by atoms with Gasteiger partial charge in [-0.1, -0.05) is 35.9 Å². The summed E-state index contributed by atoms with van der Waals surface area (Å²) in [6, 6.07) is 12.4. The number of esters is 1. The number of amides is 2. The number of ether oxygens (including phenoxy) is 2. The third-order valence-corrected chi connectivity index (χ3v) is 11.9. The lowest BCUT2D eigenvalue weighted by molar-refractivity contribution is -0.154. The highest BCUT2D eigenvalue weighted by molar-refractivity contribution is 6.72. The lowest BCUT2D eigenvalue weighted by Gasteiger charge is -2.39. The fraction of sp³-hybridized carbons (Fsp3) is 0.469. The van der Waals surface area contributed by atoms with Gasteiger partial charge in [0.15, 0.2) is 11.8 Å². The number of hydrogen-bond donors (Lipinski definition) is 1. The van der Waals surface area contributed by atoms with E-state index >= 15 is 4.11 Å². The van der Waals surface area contributed by atoms with Crippen LogP contribution < -0.4 is 9.80 Å². The molecule has 3 aliphatic rings. The molecule has 4 heterocycles. The van der Waals surface area contributed by atoms with E-state index in [9.17, 15) is 19.5 Å². The van der Waals surface area contributed by atoms with Gasteiger partial charge in [0, 0.05) is 60.4 Å². The molecule has 1 aromatic heterocycles. The van der Waals surface area contributed by atoms with Crippen molar-refractivity contribution in [2.45, 2.75) is 82.8 Å². The molecule has 1 N–H and O–H groups in total. The van der Waals surface area contributed by atoms with Gasteiger partial charge >= 0.3 is 5.97 Å². The van der Waals surface area contributed by atoms with Crippen molar-refractivity contribution >= 4 is 49.2 Å². The van der Waals surface area contributed by atoms with Crippen molar-refractivity contribution in [2.75, 3.05) is 16.4 Å². The first-order valence-electron chi connectivity index (χ1n) is 15.4. The minimum atomic E-state index is -3.37. The van der Waals surface area contributed by atoms with Crippen molar-refractivity contribution in [2.24, 2.45) is 5.92 Å². The van der Waals surface area contributed by atoms with Gasteiger partial charge < -0.3 is 23.6 Å². The normalized spacial score (nSPS) is 25.7. The van der Waals surface area contributed by atoms with Crippen molar-refractivity contribution < 1.29 is 33.1 Å². The van der Waals surface area contributed by atoms with E-state index in [1.165, 1.54) is 11.8 Å². The van der Waals surface area contributed by atoms with Crippen LogP contribution >= 0.6 is 11.6 Å². The molecule has 14 heteroatoms. The first-order valence-corrected chi connectivity index (χ1v) is 18.7. The first-order chi connectivity index (χ1) is 21.8. The molecule has 2 aromatic carbocycles. The average Bonchev–Trinajstić information content (AvgIpc) is 3.62. The Balaban J connectivity index is 1.31. The van der Waals surface area contributed by atoms with E-state index < -0.39 is 43.8 Å². The summed E-state index contributed by atoms with van der Waals surface area (Å²) in [7, 11) is -3.37. The first kappa shape index (κ1) is 32.3. The van der Waals surface area contributed by atoms with Crippen molar-refractivity contribution in [3.63, 3.8) is 0 Å². The number of rotatable bonds is 10. The Morgan fingerprint density at radius 2 is 2.02 bits per heavy atom. The Bertz CT molecular complexity index is 1680. The third kappa shape index (κ3) is 5.63. The molecule has 0 bridgehead atoms. The quantitative estimate of drug-likeness (QED) is 0.145. The van der Waals surface area contributed by atoms with Crippen LogP contribution in [0.4, 0.5) is 15.5 Å². The van der Waals surface area contributed by atoms with Crippen molar-refractivity contribution in [3.8, 4) is 0 Å². The molecule has 244 valence electrons. The van der Waals surface area contributed by atoms with Gasteiger partial charge in [0.05, 0.1) is 30.5 Å². The molecule has 1 unspecified atom stereocenters. The highest BCUT2D eigenvalue weighted by Crippen LogP contribution is 2.60. The van der Waals surface area contributed by atoms with Crippen LogP contribution in [0.2, 0.25) is 23.7 Å². The van der Waals surface area contributed by atoms with Crippen molar-refractivity contribution in [1.82, 2.24) is 15.0 Å². The Morgan fingerprint density at radius 1 is 1.24 bits per heavy atom. The fourth-order valence-corrected chi connectivity index (χ4v) is 10.1. The summed E-state index contributed by atoms with van der Waals surface area (Å²) in [5.74, 6) is -1.43. The maximum atomic E-state index is 16.2. The van der Waals surface area contributed by atoms with E-state index in [0.717, 1.165) is 5.56 Å². The molecule has 6 rings (SSSR count). The molecule has 0 saturated carbocycles. The second kappa shape index (κ2) is 12.2. The number of aliphatic hydroxyl groups is 1. The number of nitrogens with zero attached hydrogens (tertiary/aromatic N) is 5. The minimum absolute atomic E-state index is 0.0375. The molecule has 1 spiro atoms. The maximum absolute atomic E-state index is 16.2. The summed E-state index contributed by atoms with van der Waals surface area (Å²) < 4.78 is 29.9. The second-order valence-corrected chi connectivity index (χ2v) is 17.0. The smallest absolute Gasteiger partial charge is 0.304 e. The number of anilines is 2. The minimum Gasteiger partial charge on any atom is -0.441 e. The molecule has 2 fully saturated rings. The van der Waals surface area contributed by atoms with Gasteiger partial charge in [0.1, 0.15) is 0 Å². The van der Waals surface area contributed by atoms with E-state index in [2.05, 4.69) is 10.3 Å². The summed E-state index contributed by atoms with van der Waals surface area (Å²) >= 11 is 6.50. The number of aliphatic hydroxyl groups excluding tert-OH is 1. The van der Waals surface area contributed by atoms with Gasteiger partial charge in [-0.2, -0.15) is 0 Å². The van der Waals surface area contributed by atoms with Gasteiger partial charge in [-0.3, -0.25) is 24.0 Å². The predicted molar refractivity (Wildman–Crippen MR) is 170 cm³/mol.